The molecule has 0 atom stereocenters. The summed E-state index contributed by atoms with van der Waals surface area (Å²) in [7, 11) is 1.90. The Morgan fingerprint density at radius 3 is 3.00 bits per heavy atom. The highest BCUT2D eigenvalue weighted by Gasteiger charge is 2.08. The Morgan fingerprint density at radius 1 is 1.50 bits per heavy atom. The smallest absolute Gasteiger partial charge is 0.408 e. The molecule has 1 aromatic carbocycles. The molecule has 3 rings (SSSR count). The summed E-state index contributed by atoms with van der Waals surface area (Å²) in [5, 5.41) is 7.43. The standard InChI is InChI=1S/C13H15N5O2/c1-7-8(6-16-18(7)2)5-15-10-4-11-12(3-9(10)14)20-13(19)17-11/h3-4,6,15H,5,14H2,1-2H3,(H,17,19). The fourth-order valence-corrected chi connectivity index (χ4v) is 2.07. The van der Waals surface area contributed by atoms with E-state index in [0.29, 0.717) is 23.3 Å². The van der Waals surface area contributed by atoms with Crippen LogP contribution in [0.25, 0.3) is 11.1 Å². The van der Waals surface area contributed by atoms with Crippen molar-refractivity contribution in [1.82, 2.24) is 14.8 Å². The molecule has 0 unspecified atom stereocenters. The van der Waals surface area contributed by atoms with Crippen LogP contribution in [0, 0.1) is 6.92 Å². The van der Waals surface area contributed by atoms with Crippen LogP contribution in [0.1, 0.15) is 11.3 Å². The number of rotatable bonds is 3. The summed E-state index contributed by atoms with van der Waals surface area (Å²) in [4.78, 5) is 13.7. The molecule has 3 aromatic rings. The quantitative estimate of drug-likeness (QED) is 0.625. The topological polar surface area (TPSA) is 102 Å². The van der Waals surface area contributed by atoms with Crippen LogP contribution < -0.4 is 16.8 Å². The first-order chi connectivity index (χ1) is 9.54. The number of aryl methyl sites for hydroxylation is 1. The van der Waals surface area contributed by atoms with Gasteiger partial charge in [0.15, 0.2) is 5.58 Å². The first-order valence-electron chi connectivity index (χ1n) is 6.18. The SMILES string of the molecule is Cc1c(CNc2cc3[nH]c(=O)oc3cc2N)cnn1C. The average molecular weight is 273 g/mol. The molecule has 0 saturated heterocycles. The van der Waals surface area contributed by atoms with Gasteiger partial charge in [0.05, 0.1) is 23.1 Å². The highest BCUT2D eigenvalue weighted by atomic mass is 16.4. The Morgan fingerprint density at radius 2 is 2.30 bits per heavy atom. The zero-order valence-corrected chi connectivity index (χ0v) is 11.2. The largest absolute Gasteiger partial charge is 0.417 e. The predicted molar refractivity (Wildman–Crippen MR) is 76.5 cm³/mol. The van der Waals surface area contributed by atoms with Crippen molar-refractivity contribution in [3.05, 3.63) is 40.1 Å². The van der Waals surface area contributed by atoms with Gasteiger partial charge in [0, 0.05) is 30.9 Å². The number of hydrogen-bond donors (Lipinski definition) is 3. The lowest BCUT2D eigenvalue weighted by Crippen LogP contribution is -2.03. The summed E-state index contributed by atoms with van der Waals surface area (Å²) >= 11 is 0. The van der Waals surface area contributed by atoms with Crippen molar-refractivity contribution in [2.75, 3.05) is 11.1 Å². The van der Waals surface area contributed by atoms with E-state index in [0.717, 1.165) is 16.9 Å². The van der Waals surface area contributed by atoms with Crippen LogP contribution in [0.2, 0.25) is 0 Å². The molecular weight excluding hydrogens is 258 g/mol. The average Bonchev–Trinajstić information content (AvgIpc) is 2.90. The van der Waals surface area contributed by atoms with Crippen molar-refractivity contribution >= 4 is 22.5 Å². The van der Waals surface area contributed by atoms with Crippen LogP contribution in [-0.4, -0.2) is 14.8 Å². The molecule has 20 heavy (non-hydrogen) atoms. The van der Waals surface area contributed by atoms with Crippen LogP contribution in [0.4, 0.5) is 11.4 Å². The number of nitrogens with two attached hydrogens (primary N) is 1. The highest BCUT2D eigenvalue weighted by molar-refractivity contribution is 5.85. The Kier molecular flexibility index (Phi) is 2.74. The summed E-state index contributed by atoms with van der Waals surface area (Å²) < 4.78 is 6.77. The molecule has 0 amide bonds. The summed E-state index contributed by atoms with van der Waals surface area (Å²) in [6.45, 7) is 2.61. The van der Waals surface area contributed by atoms with Crippen molar-refractivity contribution in [3.8, 4) is 0 Å². The second-order valence-electron chi connectivity index (χ2n) is 4.68. The van der Waals surface area contributed by atoms with Crippen molar-refractivity contribution in [1.29, 1.82) is 0 Å². The predicted octanol–water partition coefficient (Wildman–Crippen LogP) is 1.36. The molecular formula is C13H15N5O2. The van der Waals surface area contributed by atoms with E-state index in [1.807, 2.05) is 24.9 Å². The van der Waals surface area contributed by atoms with Gasteiger partial charge in [-0.1, -0.05) is 0 Å². The van der Waals surface area contributed by atoms with Gasteiger partial charge >= 0.3 is 5.76 Å². The van der Waals surface area contributed by atoms with E-state index in [2.05, 4.69) is 15.4 Å². The van der Waals surface area contributed by atoms with Gasteiger partial charge in [0.2, 0.25) is 0 Å². The van der Waals surface area contributed by atoms with Crippen molar-refractivity contribution < 1.29 is 4.42 Å². The number of aromatic amines is 1. The summed E-state index contributed by atoms with van der Waals surface area (Å²) in [5.74, 6) is -0.486. The van der Waals surface area contributed by atoms with Crippen molar-refractivity contribution in [3.63, 3.8) is 0 Å². The van der Waals surface area contributed by atoms with Crippen LogP contribution in [0.3, 0.4) is 0 Å². The second kappa shape index (κ2) is 4.44. The van der Waals surface area contributed by atoms with Gasteiger partial charge in [-0.2, -0.15) is 5.10 Å². The first-order valence-corrected chi connectivity index (χ1v) is 6.18. The number of aromatic nitrogens is 3. The third-order valence-electron chi connectivity index (χ3n) is 3.40. The zero-order chi connectivity index (χ0) is 14.3. The minimum absolute atomic E-state index is 0.454. The minimum Gasteiger partial charge on any atom is -0.408 e. The van der Waals surface area contributed by atoms with Gasteiger partial charge in [-0.25, -0.2) is 4.79 Å². The number of nitrogens with zero attached hydrogens (tertiary/aromatic N) is 2. The number of oxazole rings is 1. The first kappa shape index (κ1) is 12.3. The van der Waals surface area contributed by atoms with Crippen molar-refractivity contribution in [2.45, 2.75) is 13.5 Å². The number of nitrogens with one attached hydrogen (secondary N) is 2. The van der Waals surface area contributed by atoms with Gasteiger partial charge in [0.1, 0.15) is 0 Å². The van der Waals surface area contributed by atoms with Gasteiger partial charge < -0.3 is 15.5 Å². The van der Waals surface area contributed by atoms with Gasteiger partial charge in [-0.05, 0) is 13.0 Å². The fraction of sp³-hybridized carbons (Fsp3) is 0.231. The third kappa shape index (κ3) is 2.03. The summed E-state index contributed by atoms with van der Waals surface area (Å²) in [5.41, 5.74) is 10.5. The molecule has 104 valence electrons. The summed E-state index contributed by atoms with van der Waals surface area (Å²) in [6.07, 6.45) is 1.82. The molecule has 0 aliphatic heterocycles. The molecule has 0 bridgehead atoms. The molecule has 7 nitrogen and oxygen atoms in total. The van der Waals surface area contributed by atoms with E-state index in [4.69, 9.17) is 10.2 Å². The third-order valence-corrected chi connectivity index (χ3v) is 3.40. The Bertz CT molecular complexity index is 827. The lowest BCUT2D eigenvalue weighted by molar-refractivity contribution is 0.555. The van der Waals surface area contributed by atoms with E-state index >= 15 is 0 Å². The highest BCUT2D eigenvalue weighted by Crippen LogP contribution is 2.25. The van der Waals surface area contributed by atoms with E-state index in [1.54, 1.807) is 12.1 Å². The molecule has 0 saturated carbocycles. The number of hydrogen-bond acceptors (Lipinski definition) is 5. The second-order valence-corrected chi connectivity index (χ2v) is 4.68. The van der Waals surface area contributed by atoms with Gasteiger partial charge in [0.25, 0.3) is 0 Å². The number of benzene rings is 1. The summed E-state index contributed by atoms with van der Waals surface area (Å²) in [6, 6.07) is 3.40. The van der Waals surface area contributed by atoms with Gasteiger partial charge in [-0.3, -0.25) is 9.67 Å². The minimum atomic E-state index is -0.486. The molecule has 0 spiro atoms. The van der Waals surface area contributed by atoms with Crippen molar-refractivity contribution in [2.24, 2.45) is 7.05 Å². The van der Waals surface area contributed by atoms with E-state index in [-0.39, 0.29) is 0 Å². The van der Waals surface area contributed by atoms with Crippen LogP contribution in [0.5, 0.6) is 0 Å². The normalized spacial score (nSPS) is 11.1. The number of nitrogen functional groups attached to an aromatic ring is 1. The fourth-order valence-electron chi connectivity index (χ4n) is 2.07. The Labute approximate surface area is 114 Å². The number of fused-ring (bicyclic) bond motifs is 1. The monoisotopic (exact) mass is 273 g/mol. The molecule has 2 heterocycles. The molecule has 0 radical (unpaired) electrons. The maximum Gasteiger partial charge on any atom is 0.417 e. The molecule has 0 aliphatic rings. The molecule has 0 aliphatic carbocycles. The van der Waals surface area contributed by atoms with Crippen LogP contribution in [0.15, 0.2) is 27.5 Å². The van der Waals surface area contributed by atoms with E-state index in [1.165, 1.54) is 0 Å². The maximum atomic E-state index is 11.1. The molecule has 4 N–H and O–H groups in total. The Balaban J connectivity index is 1.88. The molecule has 7 heteroatoms. The Hall–Kier alpha value is -2.70. The molecule has 0 fully saturated rings. The van der Waals surface area contributed by atoms with Crippen LogP contribution in [-0.2, 0) is 13.6 Å². The number of H-pyrrole nitrogens is 1. The van der Waals surface area contributed by atoms with E-state index in [9.17, 15) is 4.79 Å². The molecule has 2 aromatic heterocycles. The van der Waals surface area contributed by atoms with Gasteiger partial charge in [-0.15, -0.1) is 0 Å². The van der Waals surface area contributed by atoms with Crippen LogP contribution >= 0.6 is 0 Å². The lowest BCUT2D eigenvalue weighted by Gasteiger charge is -2.09. The maximum absolute atomic E-state index is 11.1. The lowest BCUT2D eigenvalue weighted by atomic mass is 10.2. The zero-order valence-electron chi connectivity index (χ0n) is 11.2. The number of anilines is 2. The van der Waals surface area contributed by atoms with E-state index < -0.39 is 5.76 Å².